The van der Waals surface area contributed by atoms with Crippen LogP contribution in [0.15, 0.2) is 48.6 Å². The van der Waals surface area contributed by atoms with E-state index in [0.717, 1.165) is 62.1 Å². The highest BCUT2D eigenvalue weighted by atomic mass is 35.5. The molecule has 336 valence electrons. The van der Waals surface area contributed by atoms with Gasteiger partial charge in [-0.05, 0) is 145 Å². The van der Waals surface area contributed by atoms with Crippen LogP contribution in [0, 0.1) is 17.8 Å². The van der Waals surface area contributed by atoms with Crippen molar-refractivity contribution in [1.82, 2.24) is 14.9 Å². The van der Waals surface area contributed by atoms with E-state index in [1.807, 2.05) is 50.8 Å². The van der Waals surface area contributed by atoms with Crippen LogP contribution in [0.1, 0.15) is 107 Å². The number of likely N-dealkylation sites (tertiary alicyclic amines) is 1. The molecule has 61 heavy (non-hydrogen) atoms. The van der Waals surface area contributed by atoms with Gasteiger partial charge in [0.25, 0.3) is 5.91 Å². The smallest absolute Gasteiger partial charge is 0.410 e. The summed E-state index contributed by atoms with van der Waals surface area (Å²) in [5.74, 6) is 0.0184. The number of piperidine rings is 1. The van der Waals surface area contributed by atoms with Gasteiger partial charge in [-0.1, -0.05) is 36.7 Å². The molecule has 2 bridgehead atoms. The maximum Gasteiger partial charge on any atom is 0.410 e. The Labute approximate surface area is 368 Å². The predicted octanol–water partition coefficient (Wildman–Crippen LogP) is 7.66. The average molecular weight is 884 g/mol. The molecule has 2 fully saturated rings. The van der Waals surface area contributed by atoms with E-state index in [0.29, 0.717) is 64.7 Å². The molecule has 1 saturated heterocycles. The van der Waals surface area contributed by atoms with Gasteiger partial charge in [0.15, 0.2) is 0 Å². The van der Waals surface area contributed by atoms with Gasteiger partial charge in [0.2, 0.25) is 10.0 Å². The number of benzene rings is 2. The van der Waals surface area contributed by atoms with Crippen molar-refractivity contribution in [3.05, 3.63) is 70.3 Å². The molecular formula is C47H67ClN4O8S. The van der Waals surface area contributed by atoms with Gasteiger partial charge >= 0.3 is 6.09 Å². The summed E-state index contributed by atoms with van der Waals surface area (Å²) >= 11 is 6.54. The first kappa shape index (κ1) is 45.7. The van der Waals surface area contributed by atoms with Gasteiger partial charge in [-0.2, -0.15) is 0 Å². The number of nitrogens with one attached hydrogen (secondary N) is 2. The molecule has 2 aromatic carbocycles. The molecule has 1 spiro atoms. The van der Waals surface area contributed by atoms with Crippen molar-refractivity contribution in [2.24, 2.45) is 17.8 Å². The highest BCUT2D eigenvalue weighted by Gasteiger charge is 2.50. The van der Waals surface area contributed by atoms with E-state index in [1.165, 1.54) is 11.1 Å². The molecule has 1 saturated carbocycles. The van der Waals surface area contributed by atoms with Crippen molar-refractivity contribution < 1.29 is 37.0 Å². The predicted molar refractivity (Wildman–Crippen MR) is 239 cm³/mol. The van der Waals surface area contributed by atoms with Crippen LogP contribution in [0.5, 0.6) is 5.75 Å². The number of aryl methyl sites for hydroxylation is 1. The lowest BCUT2D eigenvalue weighted by Gasteiger charge is -2.51. The number of hydrogen-bond donors (Lipinski definition) is 2. The number of nitrogens with zero attached hydrogens (tertiary/aromatic N) is 2. The minimum absolute atomic E-state index is 0.0273. The number of carbonyl (C=O) groups excluding carboxylic acids is 2. The largest absolute Gasteiger partial charge is 0.490 e. The van der Waals surface area contributed by atoms with E-state index in [-0.39, 0.29) is 40.9 Å². The number of amides is 2. The first-order valence-corrected chi connectivity index (χ1v) is 24.3. The quantitative estimate of drug-likeness (QED) is 0.201. The van der Waals surface area contributed by atoms with E-state index in [4.69, 9.17) is 30.5 Å². The summed E-state index contributed by atoms with van der Waals surface area (Å²) in [6.45, 7) is 13.6. The van der Waals surface area contributed by atoms with E-state index in [2.05, 4.69) is 39.2 Å². The second kappa shape index (κ2) is 18.8. The Kier molecular flexibility index (Phi) is 14.1. The molecule has 7 atom stereocenters. The first-order chi connectivity index (χ1) is 29.0. The maximum atomic E-state index is 13.8. The highest BCUT2D eigenvalue weighted by Crippen LogP contribution is 2.49. The third kappa shape index (κ3) is 10.2. The Balaban J connectivity index is 1.26. The Morgan fingerprint density at radius 2 is 1.89 bits per heavy atom. The van der Waals surface area contributed by atoms with Crippen molar-refractivity contribution in [1.29, 1.82) is 0 Å². The van der Waals surface area contributed by atoms with Gasteiger partial charge < -0.3 is 34.1 Å². The minimum atomic E-state index is -4.03. The summed E-state index contributed by atoms with van der Waals surface area (Å²) in [6, 6.07) is 11.5. The molecule has 7 rings (SSSR count). The molecule has 14 heteroatoms. The maximum absolute atomic E-state index is 13.8. The van der Waals surface area contributed by atoms with E-state index in [9.17, 15) is 18.0 Å². The Bertz CT molecular complexity index is 2040. The van der Waals surface area contributed by atoms with Crippen LogP contribution in [0.3, 0.4) is 0 Å². The summed E-state index contributed by atoms with van der Waals surface area (Å²) in [7, 11) is -2.36. The molecule has 2 aromatic rings. The van der Waals surface area contributed by atoms with Crippen LogP contribution >= 0.6 is 11.6 Å². The Morgan fingerprint density at radius 1 is 1.07 bits per heavy atom. The number of sulfonamides is 1. The number of rotatable bonds is 8. The number of carbonyl (C=O) groups is 2. The molecule has 2 N–H and O–H groups in total. The monoisotopic (exact) mass is 882 g/mol. The molecule has 12 nitrogen and oxygen atoms in total. The van der Waals surface area contributed by atoms with Gasteiger partial charge in [-0.15, -0.1) is 0 Å². The van der Waals surface area contributed by atoms with Crippen molar-refractivity contribution in [3.8, 4) is 5.75 Å². The van der Waals surface area contributed by atoms with Crippen molar-refractivity contribution in [2.75, 3.05) is 64.6 Å². The lowest BCUT2D eigenvalue weighted by atomic mass is 9.63. The normalized spacial score (nSPS) is 30.8. The molecular weight excluding hydrogens is 816 g/mol. The van der Waals surface area contributed by atoms with Crippen LogP contribution in [0.2, 0.25) is 5.02 Å². The van der Waals surface area contributed by atoms with Gasteiger partial charge in [0, 0.05) is 61.9 Å². The van der Waals surface area contributed by atoms with E-state index in [1.54, 1.807) is 20.1 Å². The van der Waals surface area contributed by atoms with Gasteiger partial charge in [0.1, 0.15) is 17.0 Å². The molecule has 0 radical (unpaired) electrons. The number of methoxy groups -OCH3 is 1. The number of fused-ring (bicyclic) bond motifs is 4. The van der Waals surface area contributed by atoms with Gasteiger partial charge in [-0.3, -0.25) is 4.79 Å². The molecule has 2 amide bonds. The molecule has 0 aromatic heterocycles. The number of allylic oxidation sites excluding steroid dienone is 1. The third-order valence-corrected chi connectivity index (χ3v) is 16.1. The highest BCUT2D eigenvalue weighted by molar-refractivity contribution is 7.90. The second-order valence-electron chi connectivity index (χ2n) is 19.3. The van der Waals surface area contributed by atoms with Crippen LogP contribution in [-0.4, -0.2) is 107 Å². The fourth-order valence-electron chi connectivity index (χ4n) is 10.3. The van der Waals surface area contributed by atoms with Gasteiger partial charge in [0.05, 0.1) is 30.8 Å². The molecule has 3 heterocycles. The summed E-state index contributed by atoms with van der Waals surface area (Å²) < 4.78 is 55.1. The van der Waals surface area contributed by atoms with Crippen LogP contribution in [0.4, 0.5) is 10.5 Å². The zero-order valence-corrected chi connectivity index (χ0v) is 38.5. The van der Waals surface area contributed by atoms with Crippen molar-refractivity contribution in [2.45, 2.75) is 120 Å². The van der Waals surface area contributed by atoms with E-state index < -0.39 is 32.4 Å². The first-order valence-electron chi connectivity index (χ1n) is 22.4. The Morgan fingerprint density at radius 3 is 2.64 bits per heavy atom. The van der Waals surface area contributed by atoms with Crippen molar-refractivity contribution in [3.63, 3.8) is 0 Å². The molecule has 5 aliphatic rings. The van der Waals surface area contributed by atoms with Crippen molar-refractivity contribution >= 4 is 39.3 Å². The van der Waals surface area contributed by atoms with E-state index >= 15 is 0 Å². The summed E-state index contributed by atoms with van der Waals surface area (Å²) in [5.41, 5.74) is 1.84. The lowest BCUT2D eigenvalue weighted by molar-refractivity contribution is -0.107. The van der Waals surface area contributed by atoms with Crippen LogP contribution in [-0.2, 0) is 36.1 Å². The summed E-state index contributed by atoms with van der Waals surface area (Å²) in [5, 5.41) is 3.66. The van der Waals surface area contributed by atoms with Crippen LogP contribution < -0.4 is 19.7 Å². The molecule has 1 unspecified atom stereocenters. The zero-order chi connectivity index (χ0) is 43.6. The minimum Gasteiger partial charge on any atom is -0.490 e. The number of anilines is 1. The Hall–Kier alpha value is -3.36. The lowest BCUT2D eigenvalue weighted by Crippen LogP contribution is -2.58. The number of halogens is 1. The molecule has 3 aliphatic heterocycles. The average Bonchev–Trinajstić information content (AvgIpc) is 3.34. The summed E-state index contributed by atoms with van der Waals surface area (Å²) in [4.78, 5) is 31.4. The number of ether oxygens (including phenoxy) is 4. The van der Waals surface area contributed by atoms with Crippen LogP contribution in [0.25, 0.3) is 0 Å². The molecule has 2 aliphatic carbocycles. The fourth-order valence-corrected chi connectivity index (χ4v) is 11.8. The fraction of sp³-hybridized carbons (Fsp3) is 0.660. The second-order valence-corrected chi connectivity index (χ2v) is 21.8. The SMILES string of the molecule is COCCO[C@@]1(CNCC2CCCCN2C(=O)OC(C)(C)C)/C=C/C[C@H](C)[C@@H](C)S(=O)(=O)NC(=O)c2ccc3c(c2)N(C[C@@H]2CC[C@H]21)C[C@@]1(CCCc2cc(Cl)ccc21)CO3. The van der Waals surface area contributed by atoms with Gasteiger partial charge in [-0.25, -0.2) is 17.9 Å². The topological polar surface area (TPSA) is 136 Å². The number of hydrogen-bond acceptors (Lipinski definition) is 10. The zero-order valence-electron chi connectivity index (χ0n) is 37.0. The standard InChI is InChI=1S/C47H67ClN4O8S/c1-32-11-9-21-47(59-24-23-57-6,29-49-27-38-13-7-8-22-52(38)44(54)60-45(3,4)5)40-17-14-36(40)28-51-30-46(20-10-12-34-25-37(48)16-18-39(34)46)31-58-42-19-15-35(26-41(42)51)43(53)50-61(55,56)33(32)2/h9,15-16,18-19,21,25-26,32-33,36,38,40,49H,7-8,10-14,17,20,22-24,27-31H2,1-6H3,(H,50,53)/b21-9+/t32-,33+,36-,38?,40+,46-,47+/m0/s1. The third-order valence-electron chi connectivity index (χ3n) is 13.9. The summed E-state index contributed by atoms with van der Waals surface area (Å²) in [6.07, 6.45) is 12.1.